The lowest BCUT2D eigenvalue weighted by Crippen LogP contribution is -2.57. The molecule has 7 heteroatoms. The smallest absolute Gasteiger partial charge is 0.315 e. The number of nitrogens with one attached hydrogen (secondary N) is 2. The molecule has 0 spiro atoms. The average Bonchev–Trinajstić information content (AvgIpc) is 2.72. The van der Waals surface area contributed by atoms with E-state index in [2.05, 4.69) is 43.6 Å². The molecule has 0 saturated carbocycles. The van der Waals surface area contributed by atoms with Crippen LogP contribution in [0.1, 0.15) is 44.1 Å². The topological polar surface area (TPSA) is 70.2 Å². The van der Waals surface area contributed by atoms with Crippen LogP contribution in [0.3, 0.4) is 0 Å². The van der Waals surface area contributed by atoms with E-state index in [0.29, 0.717) is 24.4 Å². The molecule has 0 radical (unpaired) electrons. The Labute approximate surface area is 187 Å². The molecule has 4 heterocycles. The van der Waals surface area contributed by atoms with Crippen LogP contribution in [0.25, 0.3) is 11.3 Å². The van der Waals surface area contributed by atoms with Gasteiger partial charge in [0.05, 0.1) is 5.69 Å². The van der Waals surface area contributed by atoms with Crippen molar-refractivity contribution in [2.75, 3.05) is 19.6 Å². The Balaban J connectivity index is 1.48. The Kier molecular flexibility index (Phi) is 6.39. The van der Waals surface area contributed by atoms with Gasteiger partial charge >= 0.3 is 6.03 Å². The summed E-state index contributed by atoms with van der Waals surface area (Å²) in [6.07, 6.45) is 2.28. The number of aromatic nitrogens is 2. The zero-order valence-corrected chi connectivity index (χ0v) is 19.4. The van der Waals surface area contributed by atoms with Gasteiger partial charge in [-0.05, 0) is 58.2 Å². The van der Waals surface area contributed by atoms with Crippen LogP contribution < -0.4 is 10.6 Å². The first kappa shape index (κ1) is 21.2. The molecule has 0 aliphatic carbocycles. The molecule has 2 aromatic rings. The molecular formula is C23H30BrN5O. The average molecular weight is 472 g/mol. The standard InChI is InChI=1S/C23H30BrN5O/c1-14(2)26-23(30)25-12-17-10-16-8-9-29(17)13-19(16)22-11-21(27-15(3)28-22)18-6-4-5-7-20(18)24/h4-7,11,14,16-17,19H,8-10,12-13H2,1-3H3,(H2,25,26,30)/t16-,17+,19+/m0/s1. The second-order valence-electron chi connectivity index (χ2n) is 8.75. The molecule has 1 aromatic carbocycles. The van der Waals surface area contributed by atoms with Gasteiger partial charge in [0.2, 0.25) is 0 Å². The van der Waals surface area contributed by atoms with Crippen LogP contribution in [0.15, 0.2) is 34.8 Å². The first-order chi connectivity index (χ1) is 14.4. The van der Waals surface area contributed by atoms with Crippen molar-refractivity contribution in [3.8, 4) is 11.3 Å². The van der Waals surface area contributed by atoms with Crippen LogP contribution in [-0.4, -0.2) is 52.6 Å². The van der Waals surface area contributed by atoms with Gasteiger partial charge in [0.15, 0.2) is 0 Å². The van der Waals surface area contributed by atoms with E-state index in [1.54, 1.807) is 0 Å². The summed E-state index contributed by atoms with van der Waals surface area (Å²) in [5.41, 5.74) is 3.22. The third-order valence-electron chi connectivity index (χ3n) is 6.18. The number of benzene rings is 1. The first-order valence-corrected chi connectivity index (χ1v) is 11.6. The first-order valence-electron chi connectivity index (χ1n) is 10.8. The van der Waals surface area contributed by atoms with Gasteiger partial charge in [-0.15, -0.1) is 0 Å². The van der Waals surface area contributed by atoms with Crippen molar-refractivity contribution >= 4 is 22.0 Å². The maximum absolute atomic E-state index is 12.0. The van der Waals surface area contributed by atoms with Gasteiger partial charge in [0.1, 0.15) is 5.82 Å². The highest BCUT2D eigenvalue weighted by molar-refractivity contribution is 9.10. The summed E-state index contributed by atoms with van der Waals surface area (Å²) in [5, 5.41) is 5.95. The van der Waals surface area contributed by atoms with Gasteiger partial charge in [-0.25, -0.2) is 14.8 Å². The summed E-state index contributed by atoms with van der Waals surface area (Å²) in [6.45, 7) is 8.72. The minimum Gasteiger partial charge on any atom is -0.337 e. The monoisotopic (exact) mass is 471 g/mol. The highest BCUT2D eigenvalue weighted by Gasteiger charge is 2.41. The molecule has 3 aliphatic heterocycles. The Morgan fingerprint density at radius 1 is 1.30 bits per heavy atom. The number of piperidine rings is 3. The molecule has 160 valence electrons. The molecule has 4 atom stereocenters. The fraction of sp³-hybridized carbons (Fsp3) is 0.522. The van der Waals surface area contributed by atoms with Gasteiger partial charge in [-0.3, -0.25) is 4.90 Å². The molecule has 5 rings (SSSR count). The molecule has 2 N–H and O–H groups in total. The fourth-order valence-corrected chi connectivity index (χ4v) is 5.28. The number of hydrogen-bond donors (Lipinski definition) is 2. The number of halogens is 1. The number of carbonyl (C=O) groups excluding carboxylic acids is 1. The Hall–Kier alpha value is -1.99. The largest absolute Gasteiger partial charge is 0.337 e. The van der Waals surface area contributed by atoms with E-state index in [1.165, 1.54) is 6.42 Å². The number of carbonyl (C=O) groups is 1. The van der Waals surface area contributed by atoms with Crippen molar-refractivity contribution in [1.29, 1.82) is 0 Å². The Bertz CT molecular complexity index is 918. The van der Waals surface area contributed by atoms with E-state index >= 15 is 0 Å². The van der Waals surface area contributed by atoms with Gasteiger partial charge < -0.3 is 10.6 Å². The molecule has 1 aromatic heterocycles. The fourth-order valence-electron chi connectivity index (χ4n) is 4.80. The summed E-state index contributed by atoms with van der Waals surface area (Å²) in [6, 6.07) is 10.9. The van der Waals surface area contributed by atoms with Crippen molar-refractivity contribution in [3.05, 3.63) is 46.3 Å². The van der Waals surface area contributed by atoms with Gasteiger partial charge in [0.25, 0.3) is 0 Å². The minimum atomic E-state index is -0.0753. The van der Waals surface area contributed by atoms with Crippen LogP contribution in [0.2, 0.25) is 0 Å². The maximum atomic E-state index is 12.0. The van der Waals surface area contributed by atoms with Crippen LogP contribution in [0.5, 0.6) is 0 Å². The van der Waals surface area contributed by atoms with E-state index in [4.69, 9.17) is 9.97 Å². The third kappa shape index (κ3) is 4.67. The number of hydrogen-bond acceptors (Lipinski definition) is 4. The predicted octanol–water partition coefficient (Wildman–Crippen LogP) is 4.10. The number of amides is 2. The number of aryl methyl sites for hydroxylation is 1. The van der Waals surface area contributed by atoms with Crippen molar-refractivity contribution in [1.82, 2.24) is 25.5 Å². The molecule has 6 nitrogen and oxygen atoms in total. The van der Waals surface area contributed by atoms with Crippen molar-refractivity contribution in [2.24, 2.45) is 5.92 Å². The summed E-state index contributed by atoms with van der Waals surface area (Å²) in [5.74, 6) is 1.83. The second-order valence-corrected chi connectivity index (χ2v) is 9.61. The van der Waals surface area contributed by atoms with E-state index in [0.717, 1.165) is 46.8 Å². The minimum absolute atomic E-state index is 0.0753. The summed E-state index contributed by atoms with van der Waals surface area (Å²) < 4.78 is 1.05. The lowest BCUT2D eigenvalue weighted by atomic mass is 9.74. The predicted molar refractivity (Wildman–Crippen MR) is 122 cm³/mol. The highest BCUT2D eigenvalue weighted by Crippen LogP contribution is 2.42. The molecular weight excluding hydrogens is 442 g/mol. The van der Waals surface area contributed by atoms with E-state index in [1.807, 2.05) is 39.0 Å². The molecule has 3 fully saturated rings. The Morgan fingerprint density at radius 3 is 2.80 bits per heavy atom. The SMILES string of the molecule is Cc1nc(-c2ccccc2Br)cc([C@@H]2CN3CC[C@H]2C[C@@H]3CNC(=O)NC(C)C)n1. The number of urea groups is 1. The lowest BCUT2D eigenvalue weighted by Gasteiger charge is -2.49. The van der Waals surface area contributed by atoms with E-state index in [-0.39, 0.29) is 12.1 Å². The van der Waals surface area contributed by atoms with Crippen molar-refractivity contribution < 1.29 is 4.79 Å². The molecule has 3 aliphatic rings. The quantitative estimate of drug-likeness (QED) is 0.688. The van der Waals surface area contributed by atoms with Crippen LogP contribution in [-0.2, 0) is 0 Å². The number of fused-ring (bicyclic) bond motifs is 3. The molecule has 1 unspecified atom stereocenters. The van der Waals surface area contributed by atoms with Gasteiger partial charge in [-0.2, -0.15) is 0 Å². The molecule has 3 saturated heterocycles. The van der Waals surface area contributed by atoms with Crippen molar-refractivity contribution in [3.63, 3.8) is 0 Å². The second kappa shape index (κ2) is 9.02. The molecule has 2 amide bonds. The number of rotatable bonds is 5. The lowest BCUT2D eigenvalue weighted by molar-refractivity contribution is 0.0304. The van der Waals surface area contributed by atoms with E-state index < -0.39 is 0 Å². The Morgan fingerprint density at radius 2 is 2.10 bits per heavy atom. The van der Waals surface area contributed by atoms with Crippen molar-refractivity contribution in [2.45, 2.75) is 51.6 Å². The van der Waals surface area contributed by atoms with Crippen LogP contribution >= 0.6 is 15.9 Å². The molecule has 30 heavy (non-hydrogen) atoms. The summed E-state index contributed by atoms with van der Waals surface area (Å²) in [4.78, 5) is 24.0. The zero-order chi connectivity index (χ0) is 21.3. The zero-order valence-electron chi connectivity index (χ0n) is 17.9. The highest BCUT2D eigenvalue weighted by atomic mass is 79.9. The third-order valence-corrected chi connectivity index (χ3v) is 6.88. The number of nitrogens with zero attached hydrogens (tertiary/aromatic N) is 3. The van der Waals surface area contributed by atoms with Gasteiger partial charge in [0, 0.05) is 46.8 Å². The summed E-state index contributed by atoms with van der Waals surface area (Å²) >= 11 is 3.65. The normalized spacial score (nSPS) is 25.4. The summed E-state index contributed by atoms with van der Waals surface area (Å²) in [7, 11) is 0. The van der Waals surface area contributed by atoms with Crippen LogP contribution in [0, 0.1) is 12.8 Å². The van der Waals surface area contributed by atoms with Gasteiger partial charge in [-0.1, -0.05) is 34.1 Å². The van der Waals surface area contributed by atoms with Crippen LogP contribution in [0.4, 0.5) is 4.79 Å². The van der Waals surface area contributed by atoms with E-state index in [9.17, 15) is 4.79 Å². The maximum Gasteiger partial charge on any atom is 0.315 e. The molecule has 2 bridgehead atoms.